The van der Waals surface area contributed by atoms with Crippen LogP contribution in [0.4, 0.5) is 4.79 Å². The van der Waals surface area contributed by atoms with Gasteiger partial charge in [0.1, 0.15) is 17.7 Å². The zero-order valence-corrected chi connectivity index (χ0v) is 28.2. The van der Waals surface area contributed by atoms with Crippen molar-refractivity contribution in [3.05, 3.63) is 72.4 Å². The van der Waals surface area contributed by atoms with Gasteiger partial charge in [0.25, 0.3) is 0 Å². The normalized spacial score (nSPS) is 27.7. The van der Waals surface area contributed by atoms with Gasteiger partial charge in [0.15, 0.2) is 0 Å². The van der Waals surface area contributed by atoms with Gasteiger partial charge in [-0.3, -0.25) is 4.79 Å². The number of alkyl carbamates (subject to hydrolysis) is 1. The minimum absolute atomic E-state index is 0.00676. The number of amides is 2. The third-order valence-electron chi connectivity index (χ3n) is 12.3. The minimum atomic E-state index is -0.644. The number of aromatic nitrogens is 4. The highest BCUT2D eigenvalue weighted by Gasteiger charge is 2.56. The van der Waals surface area contributed by atoms with Crippen molar-refractivity contribution in [2.75, 3.05) is 20.3 Å². The van der Waals surface area contributed by atoms with E-state index in [0.29, 0.717) is 25.0 Å². The number of carbonyl (C=O) groups excluding carboxylic acids is 2. The molecule has 2 unspecified atom stereocenters. The largest absolute Gasteiger partial charge is 0.453 e. The minimum Gasteiger partial charge on any atom is -0.453 e. The van der Waals surface area contributed by atoms with E-state index in [4.69, 9.17) is 19.4 Å². The summed E-state index contributed by atoms with van der Waals surface area (Å²) in [5.74, 6) is 4.85. The second kappa shape index (κ2) is 11.7. The number of methoxy groups -OCH3 is 1. The SMILES string of the molecule is COC(=O)N[C@H](C(=O)N1C(c2ncc(-c3ccc4cc(-c5ccc6nc(C7C[C@@H]8C[C@@H]8C7)[nH]c6c5)ccc4c3)[nH]2)C[C@H]2C[C@H]21)C1CCOCC1. The highest BCUT2D eigenvalue weighted by Crippen LogP contribution is 2.57. The van der Waals surface area contributed by atoms with Crippen LogP contribution < -0.4 is 5.32 Å². The van der Waals surface area contributed by atoms with E-state index in [9.17, 15) is 9.59 Å². The number of rotatable bonds is 7. The number of piperidine rings is 1. The Labute approximate surface area is 290 Å². The van der Waals surface area contributed by atoms with Crippen LogP contribution in [-0.4, -0.2) is 69.2 Å². The number of nitrogens with one attached hydrogen (secondary N) is 3. The number of benzene rings is 3. The number of likely N-dealkylation sites (tertiary alicyclic amines) is 1. The van der Waals surface area contributed by atoms with E-state index in [1.54, 1.807) is 0 Å². The molecule has 10 rings (SSSR count). The van der Waals surface area contributed by atoms with Crippen molar-refractivity contribution in [3.8, 4) is 22.4 Å². The first-order chi connectivity index (χ1) is 24.5. The fourth-order valence-electron chi connectivity index (χ4n) is 9.38. The van der Waals surface area contributed by atoms with Crippen molar-refractivity contribution in [3.63, 3.8) is 0 Å². The molecule has 3 aliphatic carbocycles. The fraction of sp³-hybridized carbons (Fsp3) is 0.450. The van der Waals surface area contributed by atoms with Gasteiger partial charge in [0.2, 0.25) is 5.91 Å². The van der Waals surface area contributed by atoms with E-state index >= 15 is 0 Å². The summed E-state index contributed by atoms with van der Waals surface area (Å²) in [6.45, 7) is 1.17. The average Bonchev–Trinajstić information content (AvgIpc) is 3.74. The first-order valence-electron chi connectivity index (χ1n) is 18.3. The number of nitrogens with zero attached hydrogens (tertiary/aromatic N) is 3. The first-order valence-corrected chi connectivity index (χ1v) is 18.3. The van der Waals surface area contributed by atoms with Crippen molar-refractivity contribution in [2.24, 2.45) is 23.7 Å². The number of aromatic amines is 2. The molecule has 2 amide bonds. The van der Waals surface area contributed by atoms with Gasteiger partial charge in [-0.1, -0.05) is 30.3 Å². The third kappa shape index (κ3) is 5.27. The first kappa shape index (κ1) is 30.2. The summed E-state index contributed by atoms with van der Waals surface area (Å²) in [5, 5.41) is 5.19. The maximum Gasteiger partial charge on any atom is 0.407 e. The molecule has 0 spiro atoms. The highest BCUT2D eigenvalue weighted by atomic mass is 16.5. The Morgan fingerprint density at radius 1 is 0.860 bits per heavy atom. The zero-order valence-electron chi connectivity index (χ0n) is 28.2. The van der Waals surface area contributed by atoms with Gasteiger partial charge in [0, 0.05) is 30.7 Å². The maximum absolute atomic E-state index is 14.2. The molecule has 0 radical (unpaired) electrons. The van der Waals surface area contributed by atoms with E-state index < -0.39 is 12.1 Å². The van der Waals surface area contributed by atoms with Crippen LogP contribution in [0.15, 0.2) is 60.8 Å². The molecular weight excluding hydrogens is 628 g/mol. The van der Waals surface area contributed by atoms with Crippen LogP contribution in [0.25, 0.3) is 44.2 Å². The van der Waals surface area contributed by atoms with Crippen molar-refractivity contribution in [1.82, 2.24) is 30.2 Å². The van der Waals surface area contributed by atoms with Crippen LogP contribution in [0, 0.1) is 23.7 Å². The van der Waals surface area contributed by atoms with E-state index in [0.717, 1.165) is 76.8 Å². The molecule has 2 aliphatic heterocycles. The number of imidazole rings is 2. The number of carbonyl (C=O) groups is 2. The van der Waals surface area contributed by atoms with Crippen molar-refractivity contribution < 1.29 is 19.1 Å². The molecule has 5 aromatic rings. The summed E-state index contributed by atoms with van der Waals surface area (Å²) in [4.78, 5) is 45.5. The summed E-state index contributed by atoms with van der Waals surface area (Å²) < 4.78 is 10.5. The van der Waals surface area contributed by atoms with Gasteiger partial charge in [-0.05, 0) is 115 Å². The lowest BCUT2D eigenvalue weighted by atomic mass is 9.90. The molecular formula is C40H42N6O4. The van der Waals surface area contributed by atoms with Crippen LogP contribution in [0.3, 0.4) is 0 Å². The molecule has 5 aliphatic rings. The molecule has 2 saturated heterocycles. The van der Waals surface area contributed by atoms with Crippen LogP contribution >= 0.6 is 0 Å². The van der Waals surface area contributed by atoms with Crippen LogP contribution in [0.2, 0.25) is 0 Å². The Hall–Kier alpha value is -4.70. The van der Waals surface area contributed by atoms with E-state index in [2.05, 4.69) is 69.9 Å². The molecule has 3 saturated carbocycles. The van der Waals surface area contributed by atoms with Gasteiger partial charge >= 0.3 is 6.09 Å². The molecule has 256 valence electrons. The number of fused-ring (bicyclic) bond motifs is 4. The summed E-state index contributed by atoms with van der Waals surface area (Å²) in [7, 11) is 1.33. The number of ether oxygens (including phenoxy) is 2. The Morgan fingerprint density at radius 3 is 2.40 bits per heavy atom. The van der Waals surface area contributed by atoms with E-state index in [-0.39, 0.29) is 23.9 Å². The summed E-state index contributed by atoms with van der Waals surface area (Å²) in [5.41, 5.74) is 6.50. The van der Waals surface area contributed by atoms with Gasteiger partial charge < -0.3 is 29.7 Å². The Balaban J connectivity index is 0.881. The van der Waals surface area contributed by atoms with E-state index in [1.807, 2.05) is 11.1 Å². The molecule has 2 aromatic heterocycles. The molecule has 50 heavy (non-hydrogen) atoms. The van der Waals surface area contributed by atoms with Gasteiger partial charge in [-0.2, -0.15) is 0 Å². The molecule has 10 heteroatoms. The standard InChI is InChI=1S/C40H42N6O4/c1-49-40(48)45-36(21-8-10-50-11-9-21)39(47)46-34-18-29(34)19-35(46)38-41-20-33(44-38)26-5-4-22-12-23(2-3-24(22)13-26)25-6-7-31-32(17-25)43-37(42-31)30-15-27-14-28(27)16-30/h2-7,12-13,17,20-21,27-30,34-36H,8-11,14-16,18-19H2,1H3,(H,41,44)(H,42,43)(H,45,48)/t27-,28+,29-,30?,34-,35?,36+/m1/s1. The quantitative estimate of drug-likeness (QED) is 0.170. The monoisotopic (exact) mass is 670 g/mol. The second-order valence-corrected chi connectivity index (χ2v) is 15.4. The predicted octanol–water partition coefficient (Wildman–Crippen LogP) is 7.10. The maximum atomic E-state index is 14.2. The topological polar surface area (TPSA) is 125 Å². The second-order valence-electron chi connectivity index (χ2n) is 15.4. The van der Waals surface area contributed by atoms with Crippen molar-refractivity contribution in [2.45, 2.75) is 69.0 Å². The van der Waals surface area contributed by atoms with E-state index in [1.165, 1.54) is 42.9 Å². The molecule has 0 bridgehead atoms. The molecule has 5 fully saturated rings. The zero-order chi connectivity index (χ0) is 33.5. The molecule has 7 atom stereocenters. The van der Waals surface area contributed by atoms with Gasteiger partial charge in [0.05, 0.1) is 36.1 Å². The smallest absolute Gasteiger partial charge is 0.407 e. The Morgan fingerprint density at radius 2 is 1.60 bits per heavy atom. The number of H-pyrrole nitrogens is 2. The summed E-state index contributed by atoms with van der Waals surface area (Å²) in [6.07, 6.45) is 8.62. The van der Waals surface area contributed by atoms with Gasteiger partial charge in [-0.15, -0.1) is 0 Å². The number of hydrogen-bond acceptors (Lipinski definition) is 6. The molecule has 4 heterocycles. The lowest BCUT2D eigenvalue weighted by Crippen LogP contribution is -2.54. The third-order valence-corrected chi connectivity index (χ3v) is 12.3. The molecule has 3 aromatic carbocycles. The van der Waals surface area contributed by atoms with Gasteiger partial charge in [-0.25, -0.2) is 14.8 Å². The fourth-order valence-corrected chi connectivity index (χ4v) is 9.38. The number of hydrogen-bond donors (Lipinski definition) is 3. The van der Waals surface area contributed by atoms with Crippen LogP contribution in [0.5, 0.6) is 0 Å². The lowest BCUT2D eigenvalue weighted by Gasteiger charge is -2.35. The van der Waals surface area contributed by atoms with Crippen LogP contribution in [0.1, 0.15) is 68.6 Å². The van der Waals surface area contributed by atoms with Crippen molar-refractivity contribution >= 4 is 33.8 Å². The van der Waals surface area contributed by atoms with Crippen molar-refractivity contribution in [1.29, 1.82) is 0 Å². The molecule has 10 nitrogen and oxygen atoms in total. The average molecular weight is 671 g/mol. The Kier molecular flexibility index (Phi) is 7.05. The lowest BCUT2D eigenvalue weighted by molar-refractivity contribution is -0.138. The Bertz CT molecular complexity index is 2120. The summed E-state index contributed by atoms with van der Waals surface area (Å²) in [6, 6.07) is 19.1. The molecule has 3 N–H and O–H groups in total. The summed E-state index contributed by atoms with van der Waals surface area (Å²) >= 11 is 0. The predicted molar refractivity (Wildman–Crippen MR) is 189 cm³/mol. The highest BCUT2D eigenvalue weighted by molar-refractivity contribution is 5.92. The van der Waals surface area contributed by atoms with Crippen LogP contribution in [-0.2, 0) is 14.3 Å².